The molecule has 1 atom stereocenters. The van der Waals surface area contributed by atoms with E-state index in [0.717, 1.165) is 16.5 Å². The van der Waals surface area contributed by atoms with Crippen molar-refractivity contribution in [2.24, 2.45) is 0 Å². The van der Waals surface area contributed by atoms with E-state index in [1.54, 1.807) is 0 Å². The van der Waals surface area contributed by atoms with Crippen LogP contribution in [0.25, 0.3) is 10.9 Å². The number of aromatic nitrogens is 3. The van der Waals surface area contributed by atoms with Crippen molar-refractivity contribution >= 4 is 16.8 Å². The zero-order valence-electron chi connectivity index (χ0n) is 12.7. The number of hydrogen-bond donors (Lipinski definition) is 3. The van der Waals surface area contributed by atoms with Gasteiger partial charge in [-0.1, -0.05) is 30.3 Å². The number of nitrogens with zero attached hydrogens (tertiary/aromatic N) is 2. The fourth-order valence-electron chi connectivity index (χ4n) is 2.39. The van der Waals surface area contributed by atoms with Crippen LogP contribution >= 0.6 is 0 Å². The number of nitrogens with one attached hydrogen (secondary N) is 2. The lowest BCUT2D eigenvalue weighted by Crippen LogP contribution is -2.37. The van der Waals surface area contributed by atoms with Crippen LogP contribution in [-0.2, 0) is 6.42 Å². The summed E-state index contributed by atoms with van der Waals surface area (Å²) in [6.45, 7) is 1.75. The highest BCUT2D eigenvalue weighted by Gasteiger charge is 2.18. The first-order valence-corrected chi connectivity index (χ1v) is 7.50. The van der Waals surface area contributed by atoms with Crippen LogP contribution in [0.2, 0.25) is 0 Å². The smallest absolute Gasteiger partial charge is 0.315 e. The number of para-hydroxylation sites is 1. The van der Waals surface area contributed by atoms with Gasteiger partial charge in [0.1, 0.15) is 0 Å². The normalized spacial score (nSPS) is 12.4. The van der Waals surface area contributed by atoms with E-state index in [-0.39, 0.29) is 18.5 Å². The third-order valence-corrected chi connectivity index (χ3v) is 3.73. The largest absolute Gasteiger partial charge is 0.394 e. The van der Waals surface area contributed by atoms with Crippen LogP contribution in [0, 0.1) is 0 Å². The third kappa shape index (κ3) is 3.24. The Balaban J connectivity index is 1.73. The molecular weight excluding hydrogens is 296 g/mol. The first-order valence-electron chi connectivity index (χ1n) is 7.50. The van der Waals surface area contributed by atoms with Gasteiger partial charge in [0.2, 0.25) is 0 Å². The summed E-state index contributed by atoms with van der Waals surface area (Å²) in [5.74, 6) is -0.118. The van der Waals surface area contributed by atoms with Gasteiger partial charge in [0.15, 0.2) is 5.82 Å². The summed E-state index contributed by atoms with van der Waals surface area (Å²) in [7, 11) is 0. The van der Waals surface area contributed by atoms with Crippen molar-refractivity contribution in [3.8, 4) is 0 Å². The van der Waals surface area contributed by atoms with Gasteiger partial charge in [0.05, 0.1) is 12.6 Å². The highest BCUT2D eigenvalue weighted by Crippen LogP contribution is 2.19. The van der Waals surface area contributed by atoms with Crippen molar-refractivity contribution in [1.29, 1.82) is 0 Å². The average Bonchev–Trinajstić information content (AvgIpc) is 3.20. The molecule has 0 bridgehead atoms. The highest BCUT2D eigenvalue weighted by atomic mass is 16.5. The number of aliphatic hydroxyl groups is 1. The van der Waals surface area contributed by atoms with Crippen LogP contribution in [0.15, 0.2) is 35.0 Å². The van der Waals surface area contributed by atoms with E-state index in [0.29, 0.717) is 18.7 Å². The Morgan fingerprint density at radius 2 is 2.26 bits per heavy atom. The number of benzene rings is 1. The van der Waals surface area contributed by atoms with Crippen molar-refractivity contribution in [2.45, 2.75) is 25.8 Å². The van der Waals surface area contributed by atoms with Gasteiger partial charge in [-0.15, -0.1) is 0 Å². The summed E-state index contributed by atoms with van der Waals surface area (Å²) >= 11 is 0. The second kappa shape index (κ2) is 6.62. The van der Waals surface area contributed by atoms with Crippen LogP contribution in [0.4, 0.5) is 0 Å². The average molecular weight is 314 g/mol. The maximum absolute atomic E-state index is 12.0. The van der Waals surface area contributed by atoms with Crippen LogP contribution in [0.3, 0.4) is 0 Å². The summed E-state index contributed by atoms with van der Waals surface area (Å²) in [5.41, 5.74) is 2.08. The van der Waals surface area contributed by atoms with E-state index in [1.807, 2.05) is 37.4 Å². The minimum absolute atomic E-state index is 0.0910. The molecule has 0 saturated heterocycles. The molecule has 0 aliphatic rings. The Kier molecular flexibility index (Phi) is 4.38. The van der Waals surface area contributed by atoms with Crippen LogP contribution in [0.1, 0.15) is 35.4 Å². The van der Waals surface area contributed by atoms with Gasteiger partial charge in [0.25, 0.3) is 0 Å². The molecule has 0 spiro atoms. The van der Waals surface area contributed by atoms with Gasteiger partial charge < -0.3 is 19.9 Å². The maximum atomic E-state index is 12.0. The Bertz CT molecular complexity index is 804. The summed E-state index contributed by atoms with van der Waals surface area (Å²) in [5, 5.41) is 16.7. The zero-order chi connectivity index (χ0) is 16.2. The molecular formula is C16H18N4O3. The van der Waals surface area contributed by atoms with E-state index < -0.39 is 5.91 Å². The second-order valence-corrected chi connectivity index (χ2v) is 5.31. The van der Waals surface area contributed by atoms with Gasteiger partial charge in [-0.25, -0.2) is 0 Å². The van der Waals surface area contributed by atoms with E-state index >= 15 is 0 Å². The maximum Gasteiger partial charge on any atom is 0.315 e. The summed E-state index contributed by atoms with van der Waals surface area (Å²) in [6, 6.07) is 7.63. The molecule has 120 valence electrons. The molecule has 2 aromatic heterocycles. The molecule has 3 N–H and O–H groups in total. The molecule has 0 fully saturated rings. The first kappa shape index (κ1) is 15.2. The molecule has 2 heterocycles. The van der Waals surface area contributed by atoms with Crippen molar-refractivity contribution in [3.63, 3.8) is 0 Å². The predicted octanol–water partition coefficient (Wildman–Crippen LogP) is 1.64. The monoisotopic (exact) mass is 314 g/mol. The quantitative estimate of drug-likeness (QED) is 0.641. The molecule has 0 aliphatic carbocycles. The van der Waals surface area contributed by atoms with E-state index in [2.05, 4.69) is 20.4 Å². The van der Waals surface area contributed by atoms with Crippen molar-refractivity contribution < 1.29 is 14.4 Å². The van der Waals surface area contributed by atoms with Crippen molar-refractivity contribution in [1.82, 2.24) is 20.4 Å². The Morgan fingerprint density at radius 1 is 1.43 bits per heavy atom. The van der Waals surface area contributed by atoms with Gasteiger partial charge in [-0.05, 0) is 18.1 Å². The first-order chi connectivity index (χ1) is 11.2. The number of carbonyl (C=O) groups is 1. The number of fused-ring (bicyclic) bond motifs is 1. The molecule has 0 unspecified atom stereocenters. The molecule has 23 heavy (non-hydrogen) atoms. The minimum Gasteiger partial charge on any atom is -0.394 e. The van der Waals surface area contributed by atoms with Gasteiger partial charge >= 0.3 is 11.8 Å². The van der Waals surface area contributed by atoms with E-state index in [1.165, 1.54) is 0 Å². The van der Waals surface area contributed by atoms with E-state index in [4.69, 9.17) is 9.63 Å². The molecule has 1 amide bonds. The lowest BCUT2D eigenvalue weighted by Gasteiger charge is -2.11. The number of aromatic amines is 1. The number of carbonyl (C=O) groups excluding carboxylic acids is 1. The number of hydrogen-bond acceptors (Lipinski definition) is 5. The van der Waals surface area contributed by atoms with Crippen molar-refractivity contribution in [2.75, 3.05) is 6.61 Å². The number of aliphatic hydroxyl groups excluding tert-OH is 1. The summed E-state index contributed by atoms with van der Waals surface area (Å²) in [4.78, 5) is 19.3. The SMILES string of the molecule is CC[C@H](CO)NC(=O)c1nc(Cc2c[nH]c3ccccc23)no1. The Morgan fingerprint density at radius 3 is 3.04 bits per heavy atom. The molecule has 3 aromatic rings. The minimum atomic E-state index is -0.469. The lowest BCUT2D eigenvalue weighted by molar-refractivity contribution is 0.0870. The van der Waals surface area contributed by atoms with Crippen LogP contribution in [-0.4, -0.2) is 38.8 Å². The molecule has 0 saturated carbocycles. The fourth-order valence-corrected chi connectivity index (χ4v) is 2.39. The third-order valence-electron chi connectivity index (χ3n) is 3.73. The highest BCUT2D eigenvalue weighted by molar-refractivity contribution is 5.89. The second-order valence-electron chi connectivity index (χ2n) is 5.31. The number of amides is 1. The van der Waals surface area contributed by atoms with Crippen molar-refractivity contribution in [3.05, 3.63) is 47.7 Å². The molecule has 3 rings (SSSR count). The predicted molar refractivity (Wildman–Crippen MR) is 84.0 cm³/mol. The fraction of sp³-hybridized carbons (Fsp3) is 0.312. The number of H-pyrrole nitrogens is 1. The Hall–Kier alpha value is -2.67. The molecule has 1 aromatic carbocycles. The van der Waals surface area contributed by atoms with Crippen LogP contribution < -0.4 is 5.32 Å². The molecule has 7 nitrogen and oxygen atoms in total. The van der Waals surface area contributed by atoms with Gasteiger partial charge in [0, 0.05) is 23.5 Å². The molecule has 7 heteroatoms. The van der Waals surface area contributed by atoms with Gasteiger partial charge in [-0.3, -0.25) is 4.79 Å². The Labute approximate surface area is 132 Å². The van der Waals surface area contributed by atoms with Gasteiger partial charge in [-0.2, -0.15) is 4.98 Å². The lowest BCUT2D eigenvalue weighted by atomic mass is 10.1. The topological polar surface area (TPSA) is 104 Å². The zero-order valence-corrected chi connectivity index (χ0v) is 12.7. The van der Waals surface area contributed by atoms with Crippen LogP contribution in [0.5, 0.6) is 0 Å². The standard InChI is InChI=1S/C16H18N4O3/c1-2-11(9-21)18-15(22)16-19-14(20-23-16)7-10-8-17-13-6-4-3-5-12(10)13/h3-6,8,11,17,21H,2,7,9H2,1H3,(H,18,22)/t11-/m1/s1. The van der Waals surface area contributed by atoms with E-state index in [9.17, 15) is 4.79 Å². The molecule has 0 radical (unpaired) electrons. The summed E-state index contributed by atoms with van der Waals surface area (Å²) < 4.78 is 5.01. The summed E-state index contributed by atoms with van der Waals surface area (Å²) in [6.07, 6.45) is 3.00. The molecule has 0 aliphatic heterocycles. The number of rotatable bonds is 6.